The number of amides is 1. The van der Waals surface area contributed by atoms with E-state index in [1.54, 1.807) is 6.92 Å². The summed E-state index contributed by atoms with van der Waals surface area (Å²) in [5, 5.41) is 2.98. The van der Waals surface area contributed by atoms with Crippen LogP contribution in [0.15, 0.2) is 23.1 Å². The van der Waals surface area contributed by atoms with E-state index >= 15 is 0 Å². The van der Waals surface area contributed by atoms with Crippen molar-refractivity contribution in [2.45, 2.75) is 24.3 Å². The summed E-state index contributed by atoms with van der Waals surface area (Å²) in [4.78, 5) is 11.0. The molecule has 20 heavy (non-hydrogen) atoms. The Balaban J connectivity index is 3.07. The van der Waals surface area contributed by atoms with E-state index in [-0.39, 0.29) is 17.4 Å². The Morgan fingerprint density at radius 2 is 2.00 bits per heavy atom. The maximum absolute atomic E-state index is 12.0. The van der Waals surface area contributed by atoms with E-state index in [0.717, 1.165) is 4.31 Å². The second kappa shape index (κ2) is 6.10. The standard InChI is InChI=1S/C12H20N4O3S/c1-8(6-12(14)17)15-11-7-9(4-5-10(11)13)20(18,19)16(2)3/h4-5,7-8,15H,6,13H2,1-3H3,(H2,14,17). The van der Waals surface area contributed by atoms with Crippen molar-refractivity contribution in [3.05, 3.63) is 18.2 Å². The van der Waals surface area contributed by atoms with Gasteiger partial charge in [-0.05, 0) is 25.1 Å². The lowest BCUT2D eigenvalue weighted by molar-refractivity contribution is -0.118. The van der Waals surface area contributed by atoms with Gasteiger partial charge in [0, 0.05) is 26.6 Å². The van der Waals surface area contributed by atoms with Crippen LogP contribution in [0.25, 0.3) is 0 Å². The first kappa shape index (κ1) is 16.3. The molecule has 0 saturated carbocycles. The third-order valence-corrected chi connectivity index (χ3v) is 4.52. The molecule has 1 aromatic rings. The monoisotopic (exact) mass is 300 g/mol. The molecule has 0 aliphatic carbocycles. The summed E-state index contributed by atoms with van der Waals surface area (Å²) in [6.07, 6.45) is 0.129. The number of nitrogens with two attached hydrogens (primary N) is 2. The first-order chi connectivity index (χ1) is 9.14. The molecule has 0 aromatic heterocycles. The van der Waals surface area contributed by atoms with E-state index in [1.807, 2.05) is 0 Å². The van der Waals surface area contributed by atoms with E-state index in [2.05, 4.69) is 5.32 Å². The fraction of sp³-hybridized carbons (Fsp3) is 0.417. The van der Waals surface area contributed by atoms with E-state index in [9.17, 15) is 13.2 Å². The quantitative estimate of drug-likeness (QED) is 0.648. The lowest BCUT2D eigenvalue weighted by atomic mass is 10.2. The first-order valence-corrected chi connectivity index (χ1v) is 7.45. The molecular weight excluding hydrogens is 280 g/mol. The lowest BCUT2D eigenvalue weighted by Crippen LogP contribution is -2.25. The highest BCUT2D eigenvalue weighted by Gasteiger charge is 2.19. The van der Waals surface area contributed by atoms with Gasteiger partial charge in [0.25, 0.3) is 0 Å². The zero-order valence-corrected chi connectivity index (χ0v) is 12.6. The maximum atomic E-state index is 12.0. The van der Waals surface area contributed by atoms with Crippen molar-refractivity contribution in [2.24, 2.45) is 5.73 Å². The molecule has 0 saturated heterocycles. The fourth-order valence-corrected chi connectivity index (χ4v) is 2.58. The van der Waals surface area contributed by atoms with Gasteiger partial charge in [0.05, 0.1) is 16.3 Å². The van der Waals surface area contributed by atoms with Crippen LogP contribution in [-0.4, -0.2) is 38.8 Å². The summed E-state index contributed by atoms with van der Waals surface area (Å²) < 4.78 is 25.2. The first-order valence-electron chi connectivity index (χ1n) is 6.01. The Bertz CT molecular complexity index is 599. The number of sulfonamides is 1. The normalized spacial score (nSPS) is 13.2. The summed E-state index contributed by atoms with van der Waals surface area (Å²) in [7, 11) is -0.623. The minimum atomic E-state index is -3.53. The van der Waals surface area contributed by atoms with Crippen LogP contribution in [0.4, 0.5) is 11.4 Å². The Morgan fingerprint density at radius 3 is 2.50 bits per heavy atom. The van der Waals surface area contributed by atoms with E-state index < -0.39 is 15.9 Å². The molecule has 0 aliphatic rings. The van der Waals surface area contributed by atoms with Gasteiger partial charge in [0.2, 0.25) is 15.9 Å². The minimum absolute atomic E-state index is 0.129. The van der Waals surface area contributed by atoms with Crippen LogP contribution in [-0.2, 0) is 14.8 Å². The predicted molar refractivity (Wildman–Crippen MR) is 78.6 cm³/mol. The number of carbonyl (C=O) groups is 1. The number of anilines is 2. The molecule has 7 nitrogen and oxygen atoms in total. The summed E-state index contributed by atoms with van der Waals surface area (Å²) >= 11 is 0. The summed E-state index contributed by atoms with van der Waals surface area (Å²) in [5.41, 5.74) is 11.8. The molecule has 0 aliphatic heterocycles. The van der Waals surface area contributed by atoms with Crippen LogP contribution in [0.1, 0.15) is 13.3 Å². The largest absolute Gasteiger partial charge is 0.397 e. The number of rotatable bonds is 6. The number of hydrogen-bond donors (Lipinski definition) is 3. The average molecular weight is 300 g/mol. The molecule has 0 fully saturated rings. The molecule has 1 atom stereocenters. The topological polar surface area (TPSA) is 119 Å². The van der Waals surface area contributed by atoms with Gasteiger partial charge in [0.1, 0.15) is 0 Å². The molecule has 112 valence electrons. The van der Waals surface area contributed by atoms with Crippen LogP contribution in [0.5, 0.6) is 0 Å². The number of nitrogens with zero attached hydrogens (tertiary/aromatic N) is 1. The zero-order valence-electron chi connectivity index (χ0n) is 11.8. The summed E-state index contributed by atoms with van der Waals surface area (Å²) in [6.45, 7) is 1.76. The Hall–Kier alpha value is -1.80. The number of primary amides is 1. The minimum Gasteiger partial charge on any atom is -0.397 e. The number of nitrogens with one attached hydrogen (secondary N) is 1. The Kier molecular flexibility index (Phi) is 4.96. The van der Waals surface area contributed by atoms with Crippen molar-refractivity contribution < 1.29 is 13.2 Å². The van der Waals surface area contributed by atoms with Gasteiger partial charge in [-0.3, -0.25) is 4.79 Å². The fourth-order valence-electron chi connectivity index (χ4n) is 1.65. The number of benzene rings is 1. The van der Waals surface area contributed by atoms with Crippen molar-refractivity contribution >= 4 is 27.3 Å². The molecule has 0 spiro atoms. The molecule has 1 rings (SSSR count). The highest BCUT2D eigenvalue weighted by Crippen LogP contribution is 2.25. The lowest BCUT2D eigenvalue weighted by Gasteiger charge is -2.17. The number of nitrogen functional groups attached to an aromatic ring is 1. The second-order valence-corrected chi connectivity index (χ2v) is 6.90. The van der Waals surface area contributed by atoms with Crippen molar-refractivity contribution in [3.63, 3.8) is 0 Å². The highest BCUT2D eigenvalue weighted by molar-refractivity contribution is 7.89. The van der Waals surface area contributed by atoms with Crippen molar-refractivity contribution in [1.29, 1.82) is 0 Å². The van der Waals surface area contributed by atoms with Crippen molar-refractivity contribution in [1.82, 2.24) is 4.31 Å². The average Bonchev–Trinajstić information content (AvgIpc) is 2.30. The van der Waals surface area contributed by atoms with Gasteiger partial charge in [0.15, 0.2) is 0 Å². The molecule has 5 N–H and O–H groups in total. The molecule has 0 radical (unpaired) electrons. The highest BCUT2D eigenvalue weighted by atomic mass is 32.2. The molecule has 0 heterocycles. The summed E-state index contributed by atoms with van der Waals surface area (Å²) in [6, 6.07) is 4.15. The van der Waals surface area contributed by atoms with Gasteiger partial charge < -0.3 is 16.8 Å². The van der Waals surface area contributed by atoms with Gasteiger partial charge in [-0.1, -0.05) is 0 Å². The predicted octanol–water partition coefficient (Wildman–Crippen LogP) is 0.195. The zero-order chi connectivity index (χ0) is 15.5. The van der Waals surface area contributed by atoms with Crippen molar-refractivity contribution in [3.8, 4) is 0 Å². The van der Waals surface area contributed by atoms with Crippen LogP contribution in [0.2, 0.25) is 0 Å². The number of carbonyl (C=O) groups excluding carboxylic acids is 1. The van der Waals surface area contributed by atoms with Crippen LogP contribution < -0.4 is 16.8 Å². The van der Waals surface area contributed by atoms with Crippen molar-refractivity contribution in [2.75, 3.05) is 25.1 Å². The van der Waals surface area contributed by atoms with Gasteiger partial charge in [-0.25, -0.2) is 12.7 Å². The summed E-state index contributed by atoms with van der Waals surface area (Å²) in [5.74, 6) is -0.444. The number of hydrogen-bond acceptors (Lipinski definition) is 5. The second-order valence-electron chi connectivity index (χ2n) is 4.75. The third-order valence-electron chi connectivity index (χ3n) is 2.71. The smallest absolute Gasteiger partial charge is 0.242 e. The van der Waals surface area contributed by atoms with E-state index in [1.165, 1.54) is 32.3 Å². The molecule has 0 bridgehead atoms. The van der Waals surface area contributed by atoms with Crippen LogP contribution >= 0.6 is 0 Å². The Labute approximate surface area is 119 Å². The molecule has 1 amide bonds. The van der Waals surface area contributed by atoms with Crippen LogP contribution in [0, 0.1) is 0 Å². The molecule has 1 unspecified atom stereocenters. The van der Waals surface area contributed by atoms with Crippen LogP contribution in [0.3, 0.4) is 0 Å². The molecule has 8 heteroatoms. The Morgan fingerprint density at radius 1 is 1.40 bits per heavy atom. The van der Waals surface area contributed by atoms with E-state index in [4.69, 9.17) is 11.5 Å². The van der Waals surface area contributed by atoms with Gasteiger partial charge in [-0.15, -0.1) is 0 Å². The van der Waals surface area contributed by atoms with E-state index in [0.29, 0.717) is 11.4 Å². The van der Waals surface area contributed by atoms with Gasteiger partial charge in [-0.2, -0.15) is 0 Å². The SMILES string of the molecule is CC(CC(N)=O)Nc1cc(S(=O)(=O)N(C)C)ccc1N. The third kappa shape index (κ3) is 3.84. The maximum Gasteiger partial charge on any atom is 0.242 e. The molecule has 1 aromatic carbocycles. The van der Waals surface area contributed by atoms with Gasteiger partial charge >= 0.3 is 0 Å². The molecular formula is C12H20N4O3S.